The van der Waals surface area contributed by atoms with Crippen molar-refractivity contribution in [1.29, 1.82) is 0 Å². The molecule has 0 bridgehead atoms. The summed E-state index contributed by atoms with van der Waals surface area (Å²) in [6.45, 7) is 10.1. The standard InChI is InChI=1S/C20H23N4O/c1-14-6-10-16(11-7-14)23-19(25)24(17-12-8-15(2)9-13-17)22-18(21-23)20(3,4)5/h6-13H,1-5H3. The molecule has 2 amide bonds. The molecule has 1 heterocycles. The van der Waals surface area contributed by atoms with Gasteiger partial charge in [0.05, 0.1) is 11.4 Å². The van der Waals surface area contributed by atoms with Crippen LogP contribution in [0.15, 0.2) is 53.6 Å². The van der Waals surface area contributed by atoms with E-state index in [1.807, 2.05) is 83.1 Å². The number of benzene rings is 2. The molecule has 2 aromatic carbocycles. The number of hydrazone groups is 1. The fourth-order valence-electron chi connectivity index (χ4n) is 2.39. The molecule has 0 aromatic heterocycles. The molecule has 0 N–H and O–H groups in total. The van der Waals surface area contributed by atoms with E-state index in [0.717, 1.165) is 22.5 Å². The number of aryl methyl sites for hydroxylation is 2. The van der Waals surface area contributed by atoms with E-state index in [2.05, 4.69) is 10.5 Å². The van der Waals surface area contributed by atoms with E-state index >= 15 is 0 Å². The number of anilines is 2. The molecule has 0 fully saturated rings. The van der Waals surface area contributed by atoms with Gasteiger partial charge in [0.25, 0.3) is 0 Å². The van der Waals surface area contributed by atoms with Gasteiger partial charge in [0.15, 0.2) is 5.84 Å². The summed E-state index contributed by atoms with van der Waals surface area (Å²) in [5.41, 5.74) is 7.95. The Kier molecular flexibility index (Phi) is 4.25. The molecule has 0 aliphatic carbocycles. The van der Waals surface area contributed by atoms with Crippen molar-refractivity contribution in [2.24, 2.45) is 10.5 Å². The Labute approximate surface area is 148 Å². The zero-order valence-corrected chi connectivity index (χ0v) is 15.3. The van der Waals surface area contributed by atoms with E-state index in [4.69, 9.17) is 0 Å². The maximum Gasteiger partial charge on any atom is 0.370 e. The predicted molar refractivity (Wildman–Crippen MR) is 102 cm³/mol. The average molecular weight is 335 g/mol. The molecule has 0 unspecified atom stereocenters. The third-order valence-electron chi connectivity index (χ3n) is 3.98. The van der Waals surface area contributed by atoms with E-state index in [1.165, 1.54) is 10.0 Å². The van der Waals surface area contributed by atoms with Gasteiger partial charge < -0.3 is 0 Å². The van der Waals surface area contributed by atoms with Crippen molar-refractivity contribution < 1.29 is 4.79 Å². The summed E-state index contributed by atoms with van der Waals surface area (Å²) in [5.74, 6) is 0.605. The molecule has 3 rings (SSSR count). The largest absolute Gasteiger partial charge is 0.370 e. The minimum atomic E-state index is -0.291. The molecule has 25 heavy (non-hydrogen) atoms. The van der Waals surface area contributed by atoms with Crippen LogP contribution in [-0.4, -0.2) is 11.9 Å². The first-order chi connectivity index (χ1) is 11.8. The fourth-order valence-corrected chi connectivity index (χ4v) is 2.39. The van der Waals surface area contributed by atoms with Crippen LogP contribution in [0.3, 0.4) is 0 Å². The molecule has 5 nitrogen and oxygen atoms in total. The molecule has 1 aliphatic heterocycles. The first kappa shape index (κ1) is 17.0. The number of hydrogen-bond acceptors (Lipinski definition) is 2. The SMILES string of the molecule is Cc1ccc(N2[N]C(C(C)(C)C)=NN(c3ccc(C)cc3)C2=O)cc1. The molecule has 2 aromatic rings. The first-order valence-corrected chi connectivity index (χ1v) is 8.34. The molecule has 1 aliphatic rings. The summed E-state index contributed by atoms with van der Waals surface area (Å²) in [6, 6.07) is 15.2. The Morgan fingerprint density at radius 3 is 1.64 bits per heavy atom. The lowest BCUT2D eigenvalue weighted by Gasteiger charge is -2.35. The molecule has 0 spiro atoms. The van der Waals surface area contributed by atoms with Crippen molar-refractivity contribution in [2.75, 3.05) is 10.0 Å². The van der Waals surface area contributed by atoms with Crippen LogP contribution < -0.4 is 15.4 Å². The van der Waals surface area contributed by atoms with Gasteiger partial charge in [-0.15, -0.1) is 10.5 Å². The molecule has 0 saturated carbocycles. The van der Waals surface area contributed by atoms with Crippen LogP contribution in [0.25, 0.3) is 0 Å². The first-order valence-electron chi connectivity index (χ1n) is 8.34. The number of carbonyl (C=O) groups excluding carboxylic acids is 1. The minimum absolute atomic E-state index is 0.285. The highest BCUT2D eigenvalue weighted by atomic mass is 16.2. The second kappa shape index (κ2) is 6.24. The van der Waals surface area contributed by atoms with Crippen LogP contribution in [0.5, 0.6) is 0 Å². The average Bonchev–Trinajstić information content (AvgIpc) is 2.56. The summed E-state index contributed by atoms with van der Waals surface area (Å²) in [6.07, 6.45) is 0. The van der Waals surface area contributed by atoms with Gasteiger partial charge in [-0.05, 0) is 38.1 Å². The monoisotopic (exact) mass is 335 g/mol. The van der Waals surface area contributed by atoms with E-state index in [1.54, 1.807) is 0 Å². The van der Waals surface area contributed by atoms with Crippen LogP contribution in [0.1, 0.15) is 31.9 Å². The summed E-state index contributed by atoms with van der Waals surface area (Å²) in [5, 5.41) is 7.37. The highest BCUT2D eigenvalue weighted by molar-refractivity contribution is 6.09. The molecular formula is C20H23N4O. The highest BCUT2D eigenvalue weighted by Crippen LogP contribution is 2.27. The van der Waals surface area contributed by atoms with Crippen molar-refractivity contribution in [3.8, 4) is 0 Å². The van der Waals surface area contributed by atoms with Crippen molar-refractivity contribution in [1.82, 2.24) is 5.43 Å². The normalized spacial score (nSPS) is 15.1. The van der Waals surface area contributed by atoms with Crippen molar-refractivity contribution in [2.45, 2.75) is 34.6 Å². The van der Waals surface area contributed by atoms with Crippen molar-refractivity contribution >= 4 is 23.2 Å². The quantitative estimate of drug-likeness (QED) is 0.789. The van der Waals surface area contributed by atoms with Gasteiger partial charge >= 0.3 is 6.03 Å². The summed E-state index contributed by atoms with van der Waals surface area (Å²) in [4.78, 5) is 13.0. The van der Waals surface area contributed by atoms with Crippen LogP contribution in [0.4, 0.5) is 16.2 Å². The van der Waals surface area contributed by atoms with Gasteiger partial charge in [-0.25, -0.2) is 4.79 Å². The van der Waals surface area contributed by atoms with Crippen molar-refractivity contribution in [3.05, 3.63) is 59.7 Å². The maximum atomic E-state index is 13.0. The van der Waals surface area contributed by atoms with Crippen LogP contribution in [-0.2, 0) is 0 Å². The summed E-state index contributed by atoms with van der Waals surface area (Å²) >= 11 is 0. The third-order valence-corrected chi connectivity index (χ3v) is 3.98. The Bertz CT molecular complexity index is 801. The minimum Gasteiger partial charge on any atom is -0.244 e. The maximum absolute atomic E-state index is 13.0. The van der Waals surface area contributed by atoms with Gasteiger partial charge in [0.1, 0.15) is 0 Å². The predicted octanol–water partition coefficient (Wildman–Crippen LogP) is 4.63. The smallest absolute Gasteiger partial charge is 0.244 e. The molecule has 5 heteroatoms. The molecule has 1 radical (unpaired) electrons. The number of amides is 2. The Balaban J connectivity index is 2.05. The fraction of sp³-hybridized carbons (Fsp3) is 0.300. The van der Waals surface area contributed by atoms with Crippen LogP contribution in [0.2, 0.25) is 0 Å². The lowest BCUT2D eigenvalue weighted by molar-refractivity contribution is 0.248. The number of nitrogens with zero attached hydrogens (tertiary/aromatic N) is 4. The highest BCUT2D eigenvalue weighted by Gasteiger charge is 2.36. The van der Waals surface area contributed by atoms with E-state index in [0.29, 0.717) is 5.84 Å². The molecule has 0 saturated heterocycles. The molecule has 0 atom stereocenters. The topological polar surface area (TPSA) is 50.0 Å². The summed E-state index contributed by atoms with van der Waals surface area (Å²) in [7, 11) is 0. The molecular weight excluding hydrogens is 312 g/mol. The molecule has 129 valence electrons. The lowest BCUT2D eigenvalue weighted by Crippen LogP contribution is -2.55. The number of urea groups is 1. The van der Waals surface area contributed by atoms with Gasteiger partial charge in [-0.1, -0.05) is 56.2 Å². The van der Waals surface area contributed by atoms with Crippen molar-refractivity contribution in [3.63, 3.8) is 0 Å². The lowest BCUT2D eigenvalue weighted by atomic mass is 9.95. The summed E-state index contributed by atoms with van der Waals surface area (Å²) < 4.78 is 0. The van der Waals surface area contributed by atoms with Gasteiger partial charge in [-0.3, -0.25) is 0 Å². The van der Waals surface area contributed by atoms with Gasteiger partial charge in [-0.2, -0.15) is 10.0 Å². The third kappa shape index (κ3) is 3.50. The number of rotatable bonds is 2. The van der Waals surface area contributed by atoms with Gasteiger partial charge in [0, 0.05) is 5.41 Å². The number of carbonyl (C=O) groups is 1. The zero-order valence-electron chi connectivity index (χ0n) is 15.3. The Morgan fingerprint density at radius 1 is 0.760 bits per heavy atom. The number of amidine groups is 1. The van der Waals surface area contributed by atoms with Crippen LogP contribution in [0, 0.1) is 19.3 Å². The van der Waals surface area contributed by atoms with E-state index in [9.17, 15) is 4.79 Å². The Hall–Kier alpha value is -2.82. The van der Waals surface area contributed by atoms with Gasteiger partial charge in [0.2, 0.25) is 0 Å². The van der Waals surface area contributed by atoms with E-state index in [-0.39, 0.29) is 11.4 Å². The zero-order chi connectivity index (χ0) is 18.2. The van der Waals surface area contributed by atoms with E-state index < -0.39 is 0 Å². The Morgan fingerprint density at radius 2 is 1.20 bits per heavy atom. The van der Waals surface area contributed by atoms with Crippen LogP contribution >= 0.6 is 0 Å². The number of hydrogen-bond donors (Lipinski definition) is 0. The second-order valence-corrected chi connectivity index (χ2v) is 7.35. The second-order valence-electron chi connectivity index (χ2n) is 7.35.